The highest BCUT2D eigenvalue weighted by atomic mass is 32.2. The van der Waals surface area contributed by atoms with Crippen LogP contribution in [0.5, 0.6) is 5.75 Å². The predicted molar refractivity (Wildman–Crippen MR) is 137 cm³/mol. The summed E-state index contributed by atoms with van der Waals surface area (Å²) in [5.74, 6) is 0.615. The fourth-order valence-electron chi connectivity index (χ4n) is 4.54. The third-order valence-electron chi connectivity index (χ3n) is 6.52. The molecule has 0 unspecified atom stereocenters. The lowest BCUT2D eigenvalue weighted by molar-refractivity contribution is 0.0690. The van der Waals surface area contributed by atoms with E-state index in [1.54, 1.807) is 12.1 Å². The van der Waals surface area contributed by atoms with Gasteiger partial charge in [-0.3, -0.25) is 4.79 Å². The third-order valence-corrected chi connectivity index (χ3v) is 8.00. The Hall–Kier alpha value is -3.16. The van der Waals surface area contributed by atoms with Crippen LogP contribution in [-0.4, -0.2) is 46.0 Å². The molecule has 1 fully saturated rings. The van der Waals surface area contributed by atoms with Crippen molar-refractivity contribution >= 4 is 15.9 Å². The molecule has 0 aromatic heterocycles. The molecule has 0 radical (unpaired) electrons. The van der Waals surface area contributed by atoms with Crippen LogP contribution in [0.1, 0.15) is 34.3 Å². The molecule has 1 aliphatic heterocycles. The monoisotopic (exact) mass is 492 g/mol. The molecule has 6 nitrogen and oxygen atoms in total. The van der Waals surface area contributed by atoms with E-state index in [1.807, 2.05) is 41.3 Å². The van der Waals surface area contributed by atoms with Gasteiger partial charge in [0.2, 0.25) is 10.0 Å². The molecule has 4 rings (SSSR count). The first-order valence-corrected chi connectivity index (χ1v) is 13.5. The van der Waals surface area contributed by atoms with Gasteiger partial charge in [-0.1, -0.05) is 60.7 Å². The first-order chi connectivity index (χ1) is 17.0. The fourth-order valence-corrected chi connectivity index (χ4v) is 5.77. The van der Waals surface area contributed by atoms with Crippen molar-refractivity contribution in [2.75, 3.05) is 26.7 Å². The van der Waals surface area contributed by atoms with E-state index in [0.29, 0.717) is 31.0 Å². The Kier molecular flexibility index (Phi) is 8.21. The van der Waals surface area contributed by atoms with Crippen LogP contribution in [0.15, 0.2) is 83.8 Å². The summed E-state index contributed by atoms with van der Waals surface area (Å²) >= 11 is 0. The molecule has 3 aromatic carbocycles. The highest BCUT2D eigenvalue weighted by Gasteiger charge is 2.26. The van der Waals surface area contributed by atoms with Gasteiger partial charge in [0.05, 0.1) is 7.11 Å². The van der Waals surface area contributed by atoms with Gasteiger partial charge in [-0.2, -0.15) is 0 Å². The van der Waals surface area contributed by atoms with Crippen molar-refractivity contribution in [3.8, 4) is 5.75 Å². The topological polar surface area (TPSA) is 75.7 Å². The minimum Gasteiger partial charge on any atom is -0.495 e. The molecule has 1 N–H and O–H groups in total. The van der Waals surface area contributed by atoms with E-state index in [9.17, 15) is 13.2 Å². The van der Waals surface area contributed by atoms with Crippen LogP contribution in [0.4, 0.5) is 0 Å². The van der Waals surface area contributed by atoms with Crippen molar-refractivity contribution in [2.45, 2.75) is 30.6 Å². The van der Waals surface area contributed by atoms with Gasteiger partial charge in [0.15, 0.2) is 0 Å². The largest absolute Gasteiger partial charge is 0.495 e. The van der Waals surface area contributed by atoms with Crippen LogP contribution in [0.3, 0.4) is 0 Å². The molecule has 0 saturated carbocycles. The van der Waals surface area contributed by atoms with Crippen molar-refractivity contribution in [3.63, 3.8) is 0 Å². The molecule has 1 saturated heterocycles. The molecule has 1 heterocycles. The Morgan fingerprint density at radius 3 is 2.20 bits per heavy atom. The molecule has 0 bridgehead atoms. The lowest BCUT2D eigenvalue weighted by atomic mass is 9.90. The predicted octanol–water partition coefficient (Wildman–Crippen LogP) is 4.31. The van der Waals surface area contributed by atoms with Crippen molar-refractivity contribution in [1.29, 1.82) is 0 Å². The Bertz CT molecular complexity index is 1220. The normalized spacial score (nSPS) is 14.6. The van der Waals surface area contributed by atoms with Gasteiger partial charge in [-0.05, 0) is 60.9 Å². The second-order valence-corrected chi connectivity index (χ2v) is 10.7. The molecular formula is C28H32N2O4S. The maximum Gasteiger partial charge on any atom is 0.253 e. The van der Waals surface area contributed by atoms with E-state index in [1.165, 1.54) is 18.7 Å². The van der Waals surface area contributed by atoms with Crippen molar-refractivity contribution in [2.24, 2.45) is 5.92 Å². The van der Waals surface area contributed by atoms with Gasteiger partial charge in [-0.25, -0.2) is 13.1 Å². The number of rotatable bonds is 9. The summed E-state index contributed by atoms with van der Waals surface area (Å²) in [7, 11) is -2.42. The molecule has 3 aromatic rings. The van der Waals surface area contributed by atoms with E-state index in [0.717, 1.165) is 24.8 Å². The van der Waals surface area contributed by atoms with E-state index < -0.39 is 10.0 Å². The summed E-state index contributed by atoms with van der Waals surface area (Å²) in [5.41, 5.74) is 2.72. The van der Waals surface area contributed by atoms with Gasteiger partial charge in [0.25, 0.3) is 5.91 Å². The number of hydrogen-bond donors (Lipinski definition) is 1. The number of likely N-dealkylation sites (tertiary alicyclic amines) is 1. The van der Waals surface area contributed by atoms with Crippen molar-refractivity contribution < 1.29 is 17.9 Å². The van der Waals surface area contributed by atoms with Gasteiger partial charge >= 0.3 is 0 Å². The summed E-state index contributed by atoms with van der Waals surface area (Å²) in [6, 6.07) is 24.7. The standard InChI is InChI=1S/C28H32N2O4S/c1-34-26-13-12-25(21-27(26)35(32,33)29-17-14-22-8-4-2-5-9-22)28(31)30-18-15-24(16-19-30)20-23-10-6-3-7-11-23/h2-13,21,24,29H,14-20H2,1H3. The second kappa shape index (κ2) is 11.5. The van der Waals surface area contributed by atoms with E-state index in [2.05, 4.69) is 29.0 Å². The van der Waals surface area contributed by atoms with Crippen LogP contribution >= 0.6 is 0 Å². The number of benzene rings is 3. The number of carbonyl (C=O) groups excluding carboxylic acids is 1. The minimum atomic E-state index is -3.85. The first kappa shape index (κ1) is 24.9. The number of methoxy groups -OCH3 is 1. The number of nitrogens with one attached hydrogen (secondary N) is 1. The van der Waals surface area contributed by atoms with E-state index >= 15 is 0 Å². The molecule has 0 atom stereocenters. The highest BCUT2D eigenvalue weighted by molar-refractivity contribution is 7.89. The molecule has 35 heavy (non-hydrogen) atoms. The van der Waals surface area contributed by atoms with E-state index in [-0.39, 0.29) is 23.1 Å². The molecule has 0 spiro atoms. The SMILES string of the molecule is COc1ccc(C(=O)N2CCC(Cc3ccccc3)CC2)cc1S(=O)(=O)NCCc1ccccc1. The third kappa shape index (κ3) is 6.50. The van der Waals surface area contributed by atoms with Gasteiger partial charge in [0.1, 0.15) is 10.6 Å². The average Bonchev–Trinajstić information content (AvgIpc) is 2.89. The summed E-state index contributed by atoms with van der Waals surface area (Å²) in [6.07, 6.45) is 3.45. The number of sulfonamides is 1. The maximum absolute atomic E-state index is 13.2. The van der Waals surface area contributed by atoms with Crippen molar-refractivity contribution in [1.82, 2.24) is 9.62 Å². The smallest absolute Gasteiger partial charge is 0.253 e. The van der Waals surface area contributed by atoms with Crippen LogP contribution in [0.2, 0.25) is 0 Å². The van der Waals surface area contributed by atoms with Crippen LogP contribution in [0.25, 0.3) is 0 Å². The van der Waals surface area contributed by atoms with Gasteiger partial charge in [0, 0.05) is 25.2 Å². The first-order valence-electron chi connectivity index (χ1n) is 12.0. The summed E-state index contributed by atoms with van der Waals surface area (Å²) in [6.45, 7) is 1.59. The number of ether oxygens (including phenoxy) is 1. The van der Waals surface area contributed by atoms with Gasteiger partial charge in [-0.15, -0.1) is 0 Å². The Balaban J connectivity index is 1.40. The van der Waals surface area contributed by atoms with E-state index in [4.69, 9.17) is 4.74 Å². The number of amides is 1. The Morgan fingerprint density at radius 2 is 1.57 bits per heavy atom. The highest BCUT2D eigenvalue weighted by Crippen LogP contribution is 2.27. The minimum absolute atomic E-state index is 0.0159. The van der Waals surface area contributed by atoms with Crippen molar-refractivity contribution in [3.05, 3.63) is 95.6 Å². The zero-order chi connectivity index (χ0) is 24.7. The zero-order valence-corrected chi connectivity index (χ0v) is 20.8. The summed E-state index contributed by atoms with van der Waals surface area (Å²) in [4.78, 5) is 15.0. The summed E-state index contributed by atoms with van der Waals surface area (Å²) < 4.78 is 34.1. The maximum atomic E-state index is 13.2. The zero-order valence-electron chi connectivity index (χ0n) is 20.0. The lowest BCUT2D eigenvalue weighted by Gasteiger charge is -2.32. The van der Waals surface area contributed by atoms with Crippen LogP contribution < -0.4 is 9.46 Å². The number of piperidine rings is 1. The van der Waals surface area contributed by atoms with Gasteiger partial charge < -0.3 is 9.64 Å². The average molecular weight is 493 g/mol. The number of carbonyl (C=O) groups is 1. The molecule has 7 heteroatoms. The number of hydrogen-bond acceptors (Lipinski definition) is 4. The van der Waals surface area contributed by atoms with Crippen LogP contribution in [-0.2, 0) is 22.9 Å². The second-order valence-electron chi connectivity index (χ2n) is 8.92. The molecule has 1 aliphatic rings. The quantitative estimate of drug-likeness (QED) is 0.483. The molecule has 0 aliphatic carbocycles. The fraction of sp³-hybridized carbons (Fsp3) is 0.321. The summed E-state index contributed by atoms with van der Waals surface area (Å²) in [5, 5.41) is 0. The lowest BCUT2D eigenvalue weighted by Crippen LogP contribution is -2.39. The number of nitrogens with zero attached hydrogens (tertiary/aromatic N) is 1. The Labute approximate surface area is 208 Å². The molecule has 1 amide bonds. The Morgan fingerprint density at radius 1 is 0.943 bits per heavy atom. The molecule has 184 valence electrons. The molecular weight excluding hydrogens is 460 g/mol. The van der Waals surface area contributed by atoms with Crippen LogP contribution in [0, 0.1) is 5.92 Å².